The lowest BCUT2D eigenvalue weighted by Gasteiger charge is -2.41. The van der Waals surface area contributed by atoms with E-state index in [0.29, 0.717) is 6.61 Å². The van der Waals surface area contributed by atoms with Crippen LogP contribution < -0.4 is 0 Å². The van der Waals surface area contributed by atoms with E-state index < -0.39 is 24.5 Å². The number of carbonyl (C=O) groups is 1. The number of benzene rings is 1. The second-order valence-corrected chi connectivity index (χ2v) is 5.97. The van der Waals surface area contributed by atoms with Gasteiger partial charge in [-0.05, 0) is 0 Å². The summed E-state index contributed by atoms with van der Waals surface area (Å²) in [5.74, 6) is -1.49. The zero-order valence-electron chi connectivity index (χ0n) is 12.1. The molecule has 2 aliphatic heterocycles. The zero-order chi connectivity index (χ0) is 15.3. The van der Waals surface area contributed by atoms with Gasteiger partial charge in [-0.1, -0.05) is 30.3 Å². The van der Waals surface area contributed by atoms with Crippen molar-refractivity contribution in [1.29, 1.82) is 0 Å². The summed E-state index contributed by atoms with van der Waals surface area (Å²) in [6, 6.07) is 9.65. The van der Waals surface area contributed by atoms with Crippen LogP contribution in [0, 0.1) is 17.8 Å². The Bertz CT molecular complexity index is 561. The molecule has 3 aliphatic rings. The van der Waals surface area contributed by atoms with Gasteiger partial charge in [0, 0.05) is 24.5 Å². The largest absolute Gasteiger partial charge is 0.481 e. The highest BCUT2D eigenvalue weighted by molar-refractivity contribution is 5.74. The second kappa shape index (κ2) is 5.31. The molecular formula is C16H18O6. The molecule has 1 aliphatic carbocycles. The van der Waals surface area contributed by atoms with E-state index in [1.54, 1.807) is 0 Å². The van der Waals surface area contributed by atoms with Crippen molar-refractivity contribution in [3.63, 3.8) is 0 Å². The quantitative estimate of drug-likeness (QED) is 0.910. The summed E-state index contributed by atoms with van der Waals surface area (Å²) in [6.07, 6.45) is -1.51. The van der Waals surface area contributed by atoms with Crippen molar-refractivity contribution in [3.05, 3.63) is 35.9 Å². The first-order valence-corrected chi connectivity index (χ1v) is 7.44. The number of ether oxygens (including phenoxy) is 4. The number of hydrogen-bond donors (Lipinski definition) is 1. The fourth-order valence-electron chi connectivity index (χ4n) is 3.73. The summed E-state index contributed by atoms with van der Waals surface area (Å²) in [5.41, 5.74) is 0.930. The molecule has 1 aromatic rings. The number of fused-ring (bicyclic) bond motifs is 3. The van der Waals surface area contributed by atoms with Gasteiger partial charge < -0.3 is 24.1 Å². The maximum atomic E-state index is 11.4. The molecule has 1 aromatic carbocycles. The third-order valence-corrected chi connectivity index (χ3v) is 4.78. The molecule has 2 heterocycles. The maximum Gasteiger partial charge on any atom is 0.307 e. The van der Waals surface area contributed by atoms with Gasteiger partial charge in [-0.15, -0.1) is 0 Å². The molecule has 0 spiro atoms. The van der Waals surface area contributed by atoms with E-state index in [0.717, 1.165) is 5.56 Å². The van der Waals surface area contributed by atoms with E-state index in [1.807, 2.05) is 30.3 Å². The Hall–Kier alpha value is -1.47. The normalized spacial score (nSPS) is 43.0. The Morgan fingerprint density at radius 3 is 2.68 bits per heavy atom. The molecule has 0 unspecified atom stereocenters. The standard InChI is InChI=1S/C16H18O6/c1-19-16-12-10(11(12)14(17)18)13-9(21-16)7-20-15(22-13)8-5-3-2-4-6-8/h2-6,9-13,15-16H,7H2,1H3,(H,17,18)/t9-,10-,11+,12-,13-,15+,16+/m1/s1. The Labute approximate surface area is 127 Å². The predicted molar refractivity (Wildman–Crippen MR) is 73.8 cm³/mol. The van der Waals surface area contributed by atoms with Crippen LogP contribution in [0.1, 0.15) is 11.9 Å². The third kappa shape index (κ3) is 2.14. The lowest BCUT2D eigenvalue weighted by molar-refractivity contribution is -0.316. The van der Waals surface area contributed by atoms with E-state index in [-0.39, 0.29) is 24.0 Å². The number of rotatable bonds is 3. The van der Waals surface area contributed by atoms with E-state index in [9.17, 15) is 9.90 Å². The smallest absolute Gasteiger partial charge is 0.307 e. The molecule has 22 heavy (non-hydrogen) atoms. The molecule has 6 nitrogen and oxygen atoms in total. The zero-order valence-corrected chi connectivity index (χ0v) is 12.1. The summed E-state index contributed by atoms with van der Waals surface area (Å²) in [7, 11) is 1.54. The minimum atomic E-state index is -0.812. The molecule has 0 radical (unpaired) electrons. The van der Waals surface area contributed by atoms with Crippen LogP contribution in [0.25, 0.3) is 0 Å². The van der Waals surface area contributed by atoms with Gasteiger partial charge in [-0.3, -0.25) is 4.79 Å². The molecule has 1 N–H and O–H groups in total. The maximum absolute atomic E-state index is 11.4. The molecule has 2 saturated heterocycles. The predicted octanol–water partition coefficient (Wildman–Crippen LogP) is 1.42. The first-order valence-electron chi connectivity index (χ1n) is 7.44. The number of carboxylic acid groups (broad SMARTS) is 1. The van der Waals surface area contributed by atoms with Crippen molar-refractivity contribution in [2.45, 2.75) is 24.8 Å². The van der Waals surface area contributed by atoms with Gasteiger partial charge in [0.2, 0.25) is 0 Å². The summed E-state index contributed by atoms with van der Waals surface area (Å²) >= 11 is 0. The minimum absolute atomic E-state index is 0.0729. The molecular weight excluding hydrogens is 288 g/mol. The monoisotopic (exact) mass is 306 g/mol. The molecule has 3 fully saturated rings. The number of methoxy groups -OCH3 is 1. The van der Waals surface area contributed by atoms with Crippen LogP contribution >= 0.6 is 0 Å². The average Bonchev–Trinajstić information content (AvgIpc) is 3.30. The molecule has 0 amide bonds. The fourth-order valence-corrected chi connectivity index (χ4v) is 3.73. The Morgan fingerprint density at radius 1 is 1.23 bits per heavy atom. The highest BCUT2D eigenvalue weighted by atomic mass is 16.7. The van der Waals surface area contributed by atoms with Crippen molar-refractivity contribution in [2.75, 3.05) is 13.7 Å². The van der Waals surface area contributed by atoms with Gasteiger partial charge in [-0.25, -0.2) is 0 Å². The van der Waals surface area contributed by atoms with E-state index in [2.05, 4.69) is 0 Å². The van der Waals surface area contributed by atoms with Crippen molar-refractivity contribution >= 4 is 5.97 Å². The van der Waals surface area contributed by atoms with Crippen LogP contribution in [0.4, 0.5) is 0 Å². The van der Waals surface area contributed by atoms with Gasteiger partial charge in [-0.2, -0.15) is 0 Å². The van der Waals surface area contributed by atoms with Gasteiger partial charge in [0.25, 0.3) is 0 Å². The van der Waals surface area contributed by atoms with Gasteiger partial charge in [0.05, 0.1) is 18.6 Å². The molecule has 7 atom stereocenters. The molecule has 6 heteroatoms. The molecule has 0 aromatic heterocycles. The summed E-state index contributed by atoms with van der Waals surface area (Å²) in [5, 5.41) is 9.37. The van der Waals surface area contributed by atoms with Crippen molar-refractivity contribution in [1.82, 2.24) is 0 Å². The molecule has 4 rings (SSSR count). The lowest BCUT2D eigenvalue weighted by Crippen LogP contribution is -2.49. The topological polar surface area (TPSA) is 74.2 Å². The van der Waals surface area contributed by atoms with Crippen LogP contribution in [-0.4, -0.2) is 43.3 Å². The second-order valence-electron chi connectivity index (χ2n) is 5.97. The van der Waals surface area contributed by atoms with Crippen molar-refractivity contribution < 1.29 is 28.8 Å². The van der Waals surface area contributed by atoms with E-state index in [1.165, 1.54) is 7.11 Å². The Morgan fingerprint density at radius 2 is 2.00 bits per heavy atom. The Balaban J connectivity index is 1.55. The molecule has 1 saturated carbocycles. The SMILES string of the molecule is CO[C@H]1O[C@@H]2CO[C@H](c3ccccc3)O[C@H]2[C@@H]2[C@H](C(=O)O)[C@H]12. The first kappa shape index (κ1) is 14.1. The number of carboxylic acids is 1. The van der Waals surface area contributed by atoms with Crippen LogP contribution in [0.5, 0.6) is 0 Å². The number of hydrogen-bond acceptors (Lipinski definition) is 5. The fraction of sp³-hybridized carbons (Fsp3) is 0.562. The summed E-state index contributed by atoms with van der Waals surface area (Å²) in [6.45, 7) is 0.375. The molecule has 118 valence electrons. The van der Waals surface area contributed by atoms with Gasteiger partial charge >= 0.3 is 5.97 Å². The van der Waals surface area contributed by atoms with Crippen LogP contribution in [0.2, 0.25) is 0 Å². The van der Waals surface area contributed by atoms with E-state index >= 15 is 0 Å². The average molecular weight is 306 g/mol. The lowest BCUT2D eigenvalue weighted by atomic mass is 10.0. The van der Waals surface area contributed by atoms with E-state index in [4.69, 9.17) is 18.9 Å². The van der Waals surface area contributed by atoms with Crippen LogP contribution in [-0.2, 0) is 23.7 Å². The summed E-state index contributed by atoms with van der Waals surface area (Å²) < 4.78 is 22.9. The van der Waals surface area contributed by atoms with Crippen LogP contribution in [0.3, 0.4) is 0 Å². The first-order chi connectivity index (χ1) is 10.7. The van der Waals surface area contributed by atoms with Crippen molar-refractivity contribution in [2.24, 2.45) is 17.8 Å². The van der Waals surface area contributed by atoms with Gasteiger partial charge in [0.1, 0.15) is 6.10 Å². The highest BCUT2D eigenvalue weighted by Crippen LogP contribution is 2.58. The highest BCUT2D eigenvalue weighted by Gasteiger charge is 2.68. The molecule has 0 bridgehead atoms. The minimum Gasteiger partial charge on any atom is -0.481 e. The van der Waals surface area contributed by atoms with Gasteiger partial charge in [0.15, 0.2) is 12.6 Å². The number of aliphatic carboxylic acids is 1. The van der Waals surface area contributed by atoms with Crippen LogP contribution in [0.15, 0.2) is 30.3 Å². The summed E-state index contributed by atoms with van der Waals surface area (Å²) in [4.78, 5) is 11.4. The Kier molecular flexibility index (Phi) is 3.41. The van der Waals surface area contributed by atoms with Crippen molar-refractivity contribution in [3.8, 4) is 0 Å². The third-order valence-electron chi connectivity index (χ3n) is 4.78.